The van der Waals surface area contributed by atoms with Gasteiger partial charge in [0, 0.05) is 37.4 Å². The summed E-state index contributed by atoms with van der Waals surface area (Å²) in [7, 11) is 0. The fraction of sp³-hybridized carbons (Fsp3) is 0.688. The lowest BCUT2D eigenvalue weighted by Gasteiger charge is -2.22. The minimum absolute atomic E-state index is 0.0517. The number of carbonyl (C=O) groups is 2. The van der Waals surface area contributed by atoms with Crippen molar-refractivity contribution in [3.63, 3.8) is 0 Å². The zero-order valence-electron chi connectivity index (χ0n) is 13.2. The Bertz CT molecular complexity index is 584. The lowest BCUT2D eigenvalue weighted by atomic mass is 9.91. The van der Waals surface area contributed by atoms with E-state index in [2.05, 4.69) is 10.3 Å². The van der Waals surface area contributed by atoms with Crippen LogP contribution < -0.4 is 5.32 Å². The van der Waals surface area contributed by atoms with Crippen LogP contribution in [0.1, 0.15) is 47.7 Å². The van der Waals surface area contributed by atoms with E-state index in [0.29, 0.717) is 25.6 Å². The molecular formula is C16H23N3O2S. The minimum atomic E-state index is -0.0517. The summed E-state index contributed by atoms with van der Waals surface area (Å²) in [5.74, 6) is 0.445. The maximum absolute atomic E-state index is 12.3. The fourth-order valence-electron chi connectivity index (χ4n) is 3.46. The van der Waals surface area contributed by atoms with Gasteiger partial charge in [0.05, 0.1) is 16.6 Å². The standard InChI is InChI=1S/C16H23N3O2S/c1-10-18-15-12(4-3-5-14(15)22-10)8-17-16(21)13-6-7-19(9-13)11(2)20/h12-13H,3-9H2,1-2H3,(H,17,21)/t12-,13-/m0/s1. The number of hydrogen-bond acceptors (Lipinski definition) is 4. The molecule has 120 valence electrons. The Morgan fingerprint density at radius 3 is 2.95 bits per heavy atom. The molecule has 0 saturated carbocycles. The third kappa shape index (κ3) is 3.16. The van der Waals surface area contributed by atoms with Gasteiger partial charge in [-0.1, -0.05) is 0 Å². The molecule has 2 aliphatic rings. The van der Waals surface area contributed by atoms with E-state index in [1.165, 1.54) is 17.0 Å². The lowest BCUT2D eigenvalue weighted by molar-refractivity contribution is -0.128. The van der Waals surface area contributed by atoms with Crippen LogP contribution in [0.3, 0.4) is 0 Å². The molecule has 0 aromatic carbocycles. The van der Waals surface area contributed by atoms with Gasteiger partial charge in [0.25, 0.3) is 0 Å². The largest absolute Gasteiger partial charge is 0.355 e. The quantitative estimate of drug-likeness (QED) is 0.924. The highest BCUT2D eigenvalue weighted by atomic mass is 32.1. The van der Waals surface area contributed by atoms with E-state index in [9.17, 15) is 9.59 Å². The number of rotatable bonds is 3. The first-order valence-electron chi connectivity index (χ1n) is 8.04. The van der Waals surface area contributed by atoms with Gasteiger partial charge in [0.2, 0.25) is 11.8 Å². The second kappa shape index (κ2) is 6.36. The van der Waals surface area contributed by atoms with Crippen molar-refractivity contribution in [1.82, 2.24) is 15.2 Å². The van der Waals surface area contributed by atoms with Crippen molar-refractivity contribution in [2.45, 2.75) is 45.4 Å². The van der Waals surface area contributed by atoms with E-state index >= 15 is 0 Å². The van der Waals surface area contributed by atoms with Gasteiger partial charge in [-0.15, -0.1) is 11.3 Å². The molecule has 6 heteroatoms. The van der Waals surface area contributed by atoms with Crippen molar-refractivity contribution < 1.29 is 9.59 Å². The highest BCUT2D eigenvalue weighted by Crippen LogP contribution is 2.34. The molecule has 1 saturated heterocycles. The third-order valence-corrected chi connectivity index (χ3v) is 5.75. The third-order valence-electron chi connectivity index (χ3n) is 4.70. The van der Waals surface area contributed by atoms with Crippen LogP contribution in [0.25, 0.3) is 0 Å². The van der Waals surface area contributed by atoms with E-state index in [1.54, 1.807) is 23.2 Å². The molecule has 1 N–H and O–H groups in total. The van der Waals surface area contributed by atoms with Crippen molar-refractivity contribution in [3.8, 4) is 0 Å². The number of thiazole rings is 1. The SMILES string of the molecule is CC(=O)N1CC[C@H](C(=O)NC[C@@H]2CCCc3sc(C)nc32)C1. The van der Waals surface area contributed by atoms with Gasteiger partial charge in [0.1, 0.15) is 0 Å². The Kier molecular flexibility index (Phi) is 4.47. The maximum Gasteiger partial charge on any atom is 0.224 e. The molecule has 5 nitrogen and oxygen atoms in total. The maximum atomic E-state index is 12.3. The Labute approximate surface area is 135 Å². The van der Waals surface area contributed by atoms with E-state index in [1.807, 2.05) is 6.92 Å². The van der Waals surface area contributed by atoms with Crippen LogP contribution in [0.5, 0.6) is 0 Å². The van der Waals surface area contributed by atoms with Crippen LogP contribution in [-0.2, 0) is 16.0 Å². The molecule has 3 rings (SSSR count). The second-order valence-electron chi connectivity index (χ2n) is 6.33. The first-order chi connectivity index (χ1) is 10.5. The molecule has 22 heavy (non-hydrogen) atoms. The van der Waals surface area contributed by atoms with Gasteiger partial charge in [-0.05, 0) is 32.6 Å². The molecule has 0 bridgehead atoms. The van der Waals surface area contributed by atoms with E-state index in [0.717, 1.165) is 24.3 Å². The fourth-order valence-corrected chi connectivity index (χ4v) is 4.52. The summed E-state index contributed by atoms with van der Waals surface area (Å²) in [5.41, 5.74) is 1.20. The zero-order valence-corrected chi connectivity index (χ0v) is 14.0. The van der Waals surface area contributed by atoms with Crippen molar-refractivity contribution in [2.24, 2.45) is 5.92 Å². The highest BCUT2D eigenvalue weighted by molar-refractivity contribution is 7.11. The average Bonchev–Trinajstić information content (AvgIpc) is 3.10. The number of fused-ring (bicyclic) bond motifs is 1. The van der Waals surface area contributed by atoms with Gasteiger partial charge in [-0.2, -0.15) is 0 Å². The molecule has 1 aliphatic carbocycles. The van der Waals surface area contributed by atoms with E-state index in [-0.39, 0.29) is 17.7 Å². The van der Waals surface area contributed by atoms with Crippen LogP contribution in [0.2, 0.25) is 0 Å². The summed E-state index contributed by atoms with van der Waals surface area (Å²) >= 11 is 1.79. The molecule has 1 aromatic heterocycles. The van der Waals surface area contributed by atoms with Crippen LogP contribution in [0.4, 0.5) is 0 Å². The zero-order chi connectivity index (χ0) is 15.7. The molecule has 0 spiro atoms. The summed E-state index contributed by atoms with van der Waals surface area (Å²) in [6, 6.07) is 0. The Hall–Kier alpha value is -1.43. The molecule has 1 fully saturated rings. The molecule has 1 aromatic rings. The number of aryl methyl sites for hydroxylation is 2. The number of amides is 2. The average molecular weight is 321 g/mol. The molecule has 2 amide bonds. The van der Waals surface area contributed by atoms with Crippen LogP contribution in [0, 0.1) is 12.8 Å². The predicted molar refractivity (Wildman–Crippen MR) is 85.9 cm³/mol. The molecule has 2 atom stereocenters. The van der Waals surface area contributed by atoms with Crippen molar-refractivity contribution in [3.05, 3.63) is 15.6 Å². The second-order valence-corrected chi connectivity index (χ2v) is 7.61. The molecule has 0 unspecified atom stereocenters. The topological polar surface area (TPSA) is 62.3 Å². The van der Waals surface area contributed by atoms with Crippen LogP contribution >= 0.6 is 11.3 Å². The van der Waals surface area contributed by atoms with Gasteiger partial charge in [0.15, 0.2) is 0 Å². The summed E-state index contributed by atoms with van der Waals surface area (Å²) < 4.78 is 0. The van der Waals surface area contributed by atoms with E-state index < -0.39 is 0 Å². The molecule has 1 aliphatic heterocycles. The number of nitrogens with one attached hydrogen (secondary N) is 1. The minimum Gasteiger partial charge on any atom is -0.355 e. The molecule has 0 radical (unpaired) electrons. The Morgan fingerprint density at radius 2 is 2.23 bits per heavy atom. The highest BCUT2D eigenvalue weighted by Gasteiger charge is 2.30. The summed E-state index contributed by atoms with van der Waals surface area (Å²) in [6.45, 7) is 5.55. The van der Waals surface area contributed by atoms with Crippen molar-refractivity contribution in [1.29, 1.82) is 0 Å². The smallest absolute Gasteiger partial charge is 0.224 e. The van der Waals surface area contributed by atoms with E-state index in [4.69, 9.17) is 0 Å². The van der Waals surface area contributed by atoms with Gasteiger partial charge in [-0.25, -0.2) is 4.98 Å². The Balaban J connectivity index is 1.55. The predicted octanol–water partition coefficient (Wildman–Crippen LogP) is 1.86. The van der Waals surface area contributed by atoms with Gasteiger partial charge < -0.3 is 10.2 Å². The number of nitrogens with zero attached hydrogens (tertiary/aromatic N) is 2. The number of hydrogen-bond donors (Lipinski definition) is 1. The number of carbonyl (C=O) groups excluding carboxylic acids is 2. The summed E-state index contributed by atoms with van der Waals surface area (Å²) in [6.07, 6.45) is 4.18. The monoisotopic (exact) mass is 321 g/mol. The number of aromatic nitrogens is 1. The number of likely N-dealkylation sites (tertiary alicyclic amines) is 1. The summed E-state index contributed by atoms with van der Waals surface area (Å²) in [4.78, 5) is 31.5. The first kappa shape index (κ1) is 15.5. The van der Waals surface area contributed by atoms with Gasteiger partial charge in [-0.3, -0.25) is 9.59 Å². The van der Waals surface area contributed by atoms with Crippen LogP contribution in [-0.4, -0.2) is 41.3 Å². The lowest BCUT2D eigenvalue weighted by Crippen LogP contribution is -2.36. The van der Waals surface area contributed by atoms with Crippen molar-refractivity contribution in [2.75, 3.05) is 19.6 Å². The summed E-state index contributed by atoms with van der Waals surface area (Å²) in [5, 5.41) is 4.21. The Morgan fingerprint density at radius 1 is 1.41 bits per heavy atom. The van der Waals surface area contributed by atoms with Gasteiger partial charge >= 0.3 is 0 Å². The van der Waals surface area contributed by atoms with Crippen molar-refractivity contribution >= 4 is 23.2 Å². The van der Waals surface area contributed by atoms with Crippen LogP contribution in [0.15, 0.2) is 0 Å². The molecular weight excluding hydrogens is 298 g/mol. The first-order valence-corrected chi connectivity index (χ1v) is 8.85. The molecule has 2 heterocycles. The normalized spacial score (nSPS) is 24.2.